The number of nitrogens with one attached hydrogen (secondary N) is 1. The van der Waals surface area contributed by atoms with Gasteiger partial charge >= 0.3 is 0 Å². The number of methoxy groups -OCH3 is 1. The normalized spacial score (nSPS) is 10.4. The summed E-state index contributed by atoms with van der Waals surface area (Å²) < 4.78 is 5.16. The van der Waals surface area contributed by atoms with Gasteiger partial charge in [-0.15, -0.1) is 11.8 Å². The van der Waals surface area contributed by atoms with Crippen LogP contribution in [-0.4, -0.2) is 29.2 Å². The molecule has 3 aromatic rings. The third-order valence-electron chi connectivity index (χ3n) is 3.93. The molecule has 1 aromatic heterocycles. The summed E-state index contributed by atoms with van der Waals surface area (Å²) in [5, 5.41) is 2.94. The van der Waals surface area contributed by atoms with E-state index in [-0.39, 0.29) is 5.91 Å². The molecule has 0 aliphatic rings. The summed E-state index contributed by atoms with van der Waals surface area (Å²) in [5.41, 5.74) is 2.74. The van der Waals surface area contributed by atoms with Gasteiger partial charge in [-0.05, 0) is 49.6 Å². The third kappa shape index (κ3) is 3.86. The lowest BCUT2D eigenvalue weighted by molar-refractivity contribution is 0.102. The quantitative estimate of drug-likeness (QED) is 0.678. The molecule has 0 saturated carbocycles. The fraction of sp³-hybridized carbons (Fsp3) is 0.150. The third-order valence-corrected chi connectivity index (χ3v) is 4.72. The van der Waals surface area contributed by atoms with Crippen LogP contribution in [0.1, 0.15) is 16.1 Å². The number of para-hydroxylation sites is 1. The molecule has 6 heteroatoms. The Morgan fingerprint density at radius 2 is 1.85 bits per heavy atom. The van der Waals surface area contributed by atoms with E-state index in [0.717, 1.165) is 21.9 Å². The van der Waals surface area contributed by atoms with E-state index in [1.54, 1.807) is 25.1 Å². The number of hydrogen-bond acceptors (Lipinski definition) is 5. The topological polar surface area (TPSA) is 64.1 Å². The lowest BCUT2D eigenvalue weighted by atomic mass is 10.1. The zero-order valence-corrected chi connectivity index (χ0v) is 15.6. The van der Waals surface area contributed by atoms with Crippen molar-refractivity contribution in [2.75, 3.05) is 18.7 Å². The number of carbonyl (C=O) groups excluding carboxylic acids is 1. The molecule has 1 N–H and O–H groups in total. The molecule has 3 rings (SSSR count). The molecule has 0 bridgehead atoms. The molecule has 26 heavy (non-hydrogen) atoms. The molecule has 1 amide bonds. The summed E-state index contributed by atoms with van der Waals surface area (Å²) in [5.74, 6) is 1.13. The van der Waals surface area contributed by atoms with Crippen molar-refractivity contribution in [1.82, 2.24) is 9.97 Å². The van der Waals surface area contributed by atoms with E-state index >= 15 is 0 Å². The highest BCUT2D eigenvalue weighted by molar-refractivity contribution is 7.98. The first-order valence-corrected chi connectivity index (χ1v) is 9.27. The van der Waals surface area contributed by atoms with E-state index in [0.29, 0.717) is 17.1 Å². The van der Waals surface area contributed by atoms with E-state index in [2.05, 4.69) is 15.3 Å². The van der Waals surface area contributed by atoms with E-state index in [9.17, 15) is 4.79 Å². The summed E-state index contributed by atoms with van der Waals surface area (Å²) in [7, 11) is 1.62. The summed E-state index contributed by atoms with van der Waals surface area (Å²) in [4.78, 5) is 22.5. The minimum atomic E-state index is -0.217. The molecule has 0 aliphatic carbocycles. The molecule has 2 aromatic carbocycles. The maximum atomic E-state index is 12.6. The van der Waals surface area contributed by atoms with Crippen LogP contribution in [0.2, 0.25) is 0 Å². The molecule has 0 unspecified atom stereocenters. The summed E-state index contributed by atoms with van der Waals surface area (Å²) in [6, 6.07) is 15.2. The monoisotopic (exact) mass is 365 g/mol. The van der Waals surface area contributed by atoms with Crippen LogP contribution in [0, 0.1) is 6.92 Å². The Kier molecular flexibility index (Phi) is 5.53. The van der Waals surface area contributed by atoms with E-state index in [4.69, 9.17) is 4.74 Å². The Balaban J connectivity index is 1.83. The maximum Gasteiger partial charge on any atom is 0.259 e. The standard InChI is InChI=1S/C20H19N3O2S/c1-13-16(20(24)23-17-6-4-5-7-18(17)26-3)12-21-19(22-13)14-8-10-15(25-2)11-9-14/h4-12H,1-3H3,(H,23,24). The smallest absolute Gasteiger partial charge is 0.259 e. The van der Waals surface area contributed by atoms with Crippen LogP contribution in [0.5, 0.6) is 5.75 Å². The predicted molar refractivity (Wildman–Crippen MR) is 105 cm³/mol. The minimum Gasteiger partial charge on any atom is -0.497 e. The Labute approximate surface area is 156 Å². The second-order valence-electron chi connectivity index (χ2n) is 5.58. The van der Waals surface area contributed by atoms with Crippen molar-refractivity contribution < 1.29 is 9.53 Å². The summed E-state index contributed by atoms with van der Waals surface area (Å²) >= 11 is 1.58. The first kappa shape index (κ1) is 17.9. The Hall–Kier alpha value is -2.86. The van der Waals surface area contributed by atoms with Gasteiger partial charge in [-0.25, -0.2) is 9.97 Å². The molecule has 0 atom stereocenters. The number of anilines is 1. The maximum absolute atomic E-state index is 12.6. The van der Waals surface area contributed by atoms with Crippen molar-refractivity contribution in [2.24, 2.45) is 0 Å². The average molecular weight is 365 g/mol. The van der Waals surface area contributed by atoms with Gasteiger partial charge in [0.05, 0.1) is 24.1 Å². The summed E-state index contributed by atoms with van der Waals surface area (Å²) in [6.07, 6.45) is 3.54. The van der Waals surface area contributed by atoms with E-state index < -0.39 is 0 Å². The minimum absolute atomic E-state index is 0.217. The zero-order chi connectivity index (χ0) is 18.5. The second-order valence-corrected chi connectivity index (χ2v) is 6.42. The molecule has 0 spiro atoms. The molecule has 0 fully saturated rings. The Morgan fingerprint density at radius 1 is 1.12 bits per heavy atom. The molecule has 0 aliphatic heterocycles. The first-order valence-electron chi connectivity index (χ1n) is 8.05. The molecule has 0 saturated heterocycles. The number of benzene rings is 2. The number of rotatable bonds is 5. The lowest BCUT2D eigenvalue weighted by Crippen LogP contribution is -2.15. The van der Waals surface area contributed by atoms with Gasteiger partial charge < -0.3 is 10.1 Å². The number of thioether (sulfide) groups is 1. The highest BCUT2D eigenvalue weighted by Crippen LogP contribution is 2.25. The zero-order valence-electron chi connectivity index (χ0n) is 14.8. The van der Waals surface area contributed by atoms with Gasteiger partial charge in [0.15, 0.2) is 5.82 Å². The Morgan fingerprint density at radius 3 is 2.50 bits per heavy atom. The van der Waals surface area contributed by atoms with Gasteiger partial charge in [-0.3, -0.25) is 4.79 Å². The van der Waals surface area contributed by atoms with Crippen LogP contribution >= 0.6 is 11.8 Å². The SMILES string of the molecule is COc1ccc(-c2ncc(C(=O)Nc3ccccc3SC)c(C)n2)cc1. The molecular formula is C20H19N3O2S. The van der Waals surface area contributed by atoms with Gasteiger partial charge in [-0.2, -0.15) is 0 Å². The molecule has 0 radical (unpaired) electrons. The van der Waals surface area contributed by atoms with Gasteiger partial charge in [-0.1, -0.05) is 12.1 Å². The van der Waals surface area contributed by atoms with Gasteiger partial charge in [0.1, 0.15) is 5.75 Å². The molecular weight excluding hydrogens is 346 g/mol. The number of aryl methyl sites for hydroxylation is 1. The number of hydrogen-bond donors (Lipinski definition) is 1. The predicted octanol–water partition coefficient (Wildman–Crippen LogP) is 4.43. The van der Waals surface area contributed by atoms with E-state index in [1.165, 1.54) is 0 Å². The van der Waals surface area contributed by atoms with Crippen molar-refractivity contribution in [3.05, 3.63) is 66.0 Å². The van der Waals surface area contributed by atoms with Crippen LogP contribution in [0.4, 0.5) is 5.69 Å². The first-order chi connectivity index (χ1) is 12.6. The lowest BCUT2D eigenvalue weighted by Gasteiger charge is -2.11. The number of ether oxygens (including phenoxy) is 1. The van der Waals surface area contributed by atoms with Crippen LogP contribution in [0.3, 0.4) is 0 Å². The largest absolute Gasteiger partial charge is 0.497 e. The van der Waals surface area contributed by atoms with Gasteiger partial charge in [0.25, 0.3) is 5.91 Å². The highest BCUT2D eigenvalue weighted by Gasteiger charge is 2.14. The highest BCUT2D eigenvalue weighted by atomic mass is 32.2. The average Bonchev–Trinajstić information content (AvgIpc) is 2.68. The van der Waals surface area contributed by atoms with E-state index in [1.807, 2.05) is 61.7 Å². The second kappa shape index (κ2) is 8.01. The van der Waals surface area contributed by atoms with Crippen molar-refractivity contribution in [1.29, 1.82) is 0 Å². The molecule has 132 valence electrons. The van der Waals surface area contributed by atoms with Crippen LogP contribution < -0.4 is 10.1 Å². The van der Waals surface area contributed by atoms with Crippen LogP contribution in [0.15, 0.2) is 59.6 Å². The van der Waals surface area contributed by atoms with Crippen molar-refractivity contribution in [2.45, 2.75) is 11.8 Å². The molecule has 5 nitrogen and oxygen atoms in total. The van der Waals surface area contributed by atoms with Crippen molar-refractivity contribution >= 4 is 23.4 Å². The molecule has 1 heterocycles. The fourth-order valence-electron chi connectivity index (χ4n) is 2.51. The fourth-order valence-corrected chi connectivity index (χ4v) is 3.06. The van der Waals surface area contributed by atoms with Gasteiger partial charge in [0, 0.05) is 16.7 Å². The number of aromatic nitrogens is 2. The van der Waals surface area contributed by atoms with Crippen molar-refractivity contribution in [3.63, 3.8) is 0 Å². The Bertz CT molecular complexity index is 927. The number of amides is 1. The number of carbonyl (C=O) groups is 1. The van der Waals surface area contributed by atoms with Crippen molar-refractivity contribution in [3.8, 4) is 17.1 Å². The van der Waals surface area contributed by atoms with Crippen LogP contribution in [-0.2, 0) is 0 Å². The summed E-state index contributed by atoms with van der Waals surface area (Å²) in [6.45, 7) is 1.81. The number of nitrogens with zero attached hydrogens (tertiary/aromatic N) is 2. The van der Waals surface area contributed by atoms with Crippen LogP contribution in [0.25, 0.3) is 11.4 Å². The van der Waals surface area contributed by atoms with Gasteiger partial charge in [0.2, 0.25) is 0 Å².